The molecule has 1 fully saturated rings. The van der Waals surface area contributed by atoms with Crippen molar-refractivity contribution in [1.29, 1.82) is 0 Å². The normalized spacial score (nSPS) is 19.6. The maximum absolute atomic E-state index is 12.9. The lowest BCUT2D eigenvalue weighted by atomic mass is 10.2. The van der Waals surface area contributed by atoms with E-state index in [0.29, 0.717) is 15.7 Å². The summed E-state index contributed by atoms with van der Waals surface area (Å²) in [6.07, 6.45) is 0.459. The molecule has 6 heteroatoms. The van der Waals surface area contributed by atoms with Gasteiger partial charge in [0.25, 0.3) is 0 Å². The summed E-state index contributed by atoms with van der Waals surface area (Å²) in [7, 11) is 0. The summed E-state index contributed by atoms with van der Waals surface area (Å²) in [6, 6.07) is 4.59. The van der Waals surface area contributed by atoms with Gasteiger partial charge in [0.1, 0.15) is 5.82 Å². The number of carbonyl (C=O) groups is 1. The summed E-state index contributed by atoms with van der Waals surface area (Å²) in [6.45, 7) is 0.955. The van der Waals surface area contributed by atoms with Crippen LogP contribution in [0, 0.1) is 9.39 Å². The minimum atomic E-state index is -0.289. The molecule has 1 atom stereocenters. The Balaban J connectivity index is 1.90. The van der Waals surface area contributed by atoms with Gasteiger partial charge in [-0.05, 0) is 40.8 Å². The van der Waals surface area contributed by atoms with Gasteiger partial charge < -0.3 is 10.6 Å². The zero-order valence-corrected chi connectivity index (χ0v) is 12.7. The van der Waals surface area contributed by atoms with Crippen LogP contribution in [0.2, 0.25) is 0 Å². The molecule has 0 saturated carbocycles. The van der Waals surface area contributed by atoms with Gasteiger partial charge in [0.2, 0.25) is 5.91 Å². The van der Waals surface area contributed by atoms with E-state index in [-0.39, 0.29) is 17.8 Å². The van der Waals surface area contributed by atoms with Gasteiger partial charge in [0, 0.05) is 34.1 Å². The van der Waals surface area contributed by atoms with Crippen molar-refractivity contribution in [2.75, 3.05) is 23.4 Å². The summed E-state index contributed by atoms with van der Waals surface area (Å²) >= 11 is 3.88. The Morgan fingerprint density at radius 2 is 2.44 bits per heavy atom. The lowest BCUT2D eigenvalue weighted by Crippen LogP contribution is -2.39. The van der Waals surface area contributed by atoms with E-state index in [1.165, 1.54) is 12.1 Å². The largest absolute Gasteiger partial charge is 0.325 e. The van der Waals surface area contributed by atoms with Crippen LogP contribution < -0.4 is 10.6 Å². The third-order valence-electron chi connectivity index (χ3n) is 2.64. The summed E-state index contributed by atoms with van der Waals surface area (Å²) in [4.78, 5) is 11.9. The molecule has 1 amide bonds. The molecule has 3 nitrogen and oxygen atoms in total. The standard InChI is InChI=1S/C12H14FIN2OS/c13-8-1-2-11(10(14)5-8)16-12(17)6-9-7-18-4-3-15-9/h1-2,5,9,15H,3-4,6-7H2,(H,16,17). The molecule has 0 bridgehead atoms. The molecule has 18 heavy (non-hydrogen) atoms. The number of hydrogen-bond donors (Lipinski definition) is 2. The maximum Gasteiger partial charge on any atom is 0.225 e. The van der Waals surface area contributed by atoms with Crippen LogP contribution in [0.3, 0.4) is 0 Å². The summed E-state index contributed by atoms with van der Waals surface area (Å²) in [5.41, 5.74) is 0.672. The average molecular weight is 380 g/mol. The van der Waals surface area contributed by atoms with Crippen LogP contribution in [0.15, 0.2) is 18.2 Å². The molecule has 2 N–H and O–H groups in total. The highest BCUT2D eigenvalue weighted by Gasteiger charge is 2.17. The number of benzene rings is 1. The zero-order valence-electron chi connectivity index (χ0n) is 9.71. The number of hydrogen-bond acceptors (Lipinski definition) is 3. The summed E-state index contributed by atoms with van der Waals surface area (Å²) < 4.78 is 13.6. The molecular formula is C12H14FIN2OS. The number of nitrogens with one attached hydrogen (secondary N) is 2. The van der Waals surface area contributed by atoms with Crippen molar-refractivity contribution < 1.29 is 9.18 Å². The van der Waals surface area contributed by atoms with Crippen molar-refractivity contribution in [3.63, 3.8) is 0 Å². The molecule has 0 spiro atoms. The molecule has 1 aliphatic heterocycles. The second-order valence-electron chi connectivity index (χ2n) is 4.10. The van der Waals surface area contributed by atoms with Crippen molar-refractivity contribution in [2.24, 2.45) is 0 Å². The fourth-order valence-electron chi connectivity index (χ4n) is 1.77. The Labute approximate surface area is 123 Å². The fraction of sp³-hybridized carbons (Fsp3) is 0.417. The van der Waals surface area contributed by atoms with E-state index in [1.807, 2.05) is 34.4 Å². The van der Waals surface area contributed by atoms with Crippen LogP contribution in [0.25, 0.3) is 0 Å². The molecule has 1 aromatic rings. The van der Waals surface area contributed by atoms with E-state index in [0.717, 1.165) is 18.1 Å². The van der Waals surface area contributed by atoms with Crippen LogP contribution >= 0.6 is 34.4 Å². The smallest absolute Gasteiger partial charge is 0.225 e. The van der Waals surface area contributed by atoms with Gasteiger partial charge in [-0.1, -0.05) is 0 Å². The van der Waals surface area contributed by atoms with Gasteiger partial charge in [-0.2, -0.15) is 11.8 Å². The Bertz CT molecular complexity index is 438. The summed E-state index contributed by atoms with van der Waals surface area (Å²) in [5.74, 6) is 1.75. The lowest BCUT2D eigenvalue weighted by Gasteiger charge is -2.22. The van der Waals surface area contributed by atoms with E-state index in [4.69, 9.17) is 0 Å². The highest BCUT2D eigenvalue weighted by atomic mass is 127. The number of thioether (sulfide) groups is 1. The number of rotatable bonds is 3. The van der Waals surface area contributed by atoms with E-state index in [1.54, 1.807) is 6.07 Å². The predicted octanol–water partition coefficient (Wildman–Crippen LogP) is 2.46. The lowest BCUT2D eigenvalue weighted by molar-refractivity contribution is -0.116. The SMILES string of the molecule is O=C(CC1CSCCN1)Nc1ccc(F)cc1I. The molecule has 2 rings (SSSR count). The fourth-order valence-corrected chi connectivity index (χ4v) is 3.33. The van der Waals surface area contributed by atoms with Crippen LogP contribution in [0.4, 0.5) is 10.1 Å². The van der Waals surface area contributed by atoms with Crippen LogP contribution in [0.1, 0.15) is 6.42 Å². The van der Waals surface area contributed by atoms with Crippen molar-refractivity contribution in [1.82, 2.24) is 5.32 Å². The molecule has 0 radical (unpaired) electrons. The molecule has 1 heterocycles. The van der Waals surface area contributed by atoms with Crippen LogP contribution in [0.5, 0.6) is 0 Å². The molecule has 98 valence electrons. The number of amides is 1. The molecule has 0 aliphatic carbocycles. The van der Waals surface area contributed by atoms with Gasteiger partial charge in [-0.3, -0.25) is 4.79 Å². The van der Waals surface area contributed by atoms with Gasteiger partial charge in [-0.15, -0.1) is 0 Å². The van der Waals surface area contributed by atoms with Crippen molar-refractivity contribution in [3.8, 4) is 0 Å². The second-order valence-corrected chi connectivity index (χ2v) is 6.41. The predicted molar refractivity (Wildman–Crippen MR) is 81.5 cm³/mol. The zero-order chi connectivity index (χ0) is 13.0. The third-order valence-corrected chi connectivity index (χ3v) is 4.66. The van der Waals surface area contributed by atoms with Gasteiger partial charge in [-0.25, -0.2) is 4.39 Å². The minimum absolute atomic E-state index is 0.0282. The first-order valence-corrected chi connectivity index (χ1v) is 7.94. The number of carbonyl (C=O) groups excluding carboxylic acids is 1. The van der Waals surface area contributed by atoms with E-state index < -0.39 is 0 Å². The van der Waals surface area contributed by atoms with Crippen LogP contribution in [-0.4, -0.2) is 30.0 Å². The Morgan fingerprint density at radius 1 is 1.61 bits per heavy atom. The quantitative estimate of drug-likeness (QED) is 0.792. The average Bonchev–Trinajstić information content (AvgIpc) is 2.34. The molecule has 0 aromatic heterocycles. The first kappa shape index (κ1) is 14.1. The van der Waals surface area contributed by atoms with E-state index in [2.05, 4.69) is 10.6 Å². The Morgan fingerprint density at radius 3 is 3.11 bits per heavy atom. The van der Waals surface area contributed by atoms with Crippen LogP contribution in [-0.2, 0) is 4.79 Å². The molecule has 1 aromatic carbocycles. The first-order chi connectivity index (χ1) is 8.65. The maximum atomic E-state index is 12.9. The van der Waals surface area contributed by atoms with Gasteiger partial charge >= 0.3 is 0 Å². The van der Waals surface area contributed by atoms with Crippen molar-refractivity contribution >= 4 is 45.9 Å². The topological polar surface area (TPSA) is 41.1 Å². The number of halogens is 2. The van der Waals surface area contributed by atoms with Gasteiger partial charge in [0.05, 0.1) is 5.69 Å². The van der Waals surface area contributed by atoms with E-state index in [9.17, 15) is 9.18 Å². The molecule has 1 aliphatic rings. The first-order valence-electron chi connectivity index (χ1n) is 5.71. The van der Waals surface area contributed by atoms with E-state index >= 15 is 0 Å². The molecular weight excluding hydrogens is 366 g/mol. The second kappa shape index (κ2) is 6.72. The van der Waals surface area contributed by atoms with Crippen molar-refractivity contribution in [2.45, 2.75) is 12.5 Å². The minimum Gasteiger partial charge on any atom is -0.325 e. The highest BCUT2D eigenvalue weighted by Crippen LogP contribution is 2.19. The molecule has 1 saturated heterocycles. The number of anilines is 1. The summed E-state index contributed by atoms with van der Waals surface area (Å²) in [5, 5.41) is 6.14. The molecule has 1 unspecified atom stereocenters. The Hall–Kier alpha value is -0.340. The van der Waals surface area contributed by atoms with Gasteiger partial charge in [0.15, 0.2) is 0 Å². The monoisotopic (exact) mass is 380 g/mol. The Kier molecular flexibility index (Phi) is 5.25. The highest BCUT2D eigenvalue weighted by molar-refractivity contribution is 14.1. The third kappa shape index (κ3) is 4.10. The van der Waals surface area contributed by atoms with Crippen molar-refractivity contribution in [3.05, 3.63) is 27.6 Å².